The predicted molar refractivity (Wildman–Crippen MR) is 67.6 cm³/mol. The number of alkyl halides is 3. The van der Waals surface area contributed by atoms with Gasteiger partial charge in [-0.25, -0.2) is 0 Å². The van der Waals surface area contributed by atoms with E-state index in [1.807, 2.05) is 5.92 Å². The normalized spacial score (nSPS) is 18.1. The van der Waals surface area contributed by atoms with E-state index in [1.165, 1.54) is 0 Å². The third-order valence-electron chi connectivity index (χ3n) is 2.97. The quantitative estimate of drug-likeness (QED) is 0.802. The van der Waals surface area contributed by atoms with Gasteiger partial charge in [0.1, 0.15) is 0 Å². The lowest BCUT2D eigenvalue weighted by atomic mass is 9.90. The molecule has 0 fully saturated rings. The molecule has 0 bridgehead atoms. The molecule has 1 aromatic rings. The first-order valence-electron chi connectivity index (χ1n) is 6.12. The maximum Gasteiger partial charge on any atom is 0.433 e. The summed E-state index contributed by atoms with van der Waals surface area (Å²) < 4.78 is 44.3. The fourth-order valence-electron chi connectivity index (χ4n) is 1.85. The van der Waals surface area contributed by atoms with Crippen LogP contribution in [0.2, 0.25) is 0 Å². The molecule has 2 rings (SSSR count). The summed E-state index contributed by atoms with van der Waals surface area (Å²) in [6.45, 7) is 0.351. The molecule has 0 spiro atoms. The van der Waals surface area contributed by atoms with Crippen LogP contribution in [-0.2, 0) is 4.74 Å². The van der Waals surface area contributed by atoms with Gasteiger partial charge in [0.15, 0.2) is 0 Å². The van der Waals surface area contributed by atoms with E-state index in [-0.39, 0.29) is 12.0 Å². The molecule has 1 heterocycles. The molecular weight excluding hydrogens is 269 g/mol. The summed E-state index contributed by atoms with van der Waals surface area (Å²) in [6.07, 6.45) is -3.37. The second kappa shape index (κ2) is 5.59. The lowest BCUT2D eigenvalue weighted by Crippen LogP contribution is -2.46. The third kappa shape index (κ3) is 2.97. The minimum atomic E-state index is -4.87. The lowest BCUT2D eigenvalue weighted by Gasteiger charge is -2.29. The molecule has 5 heteroatoms. The van der Waals surface area contributed by atoms with Crippen LogP contribution in [0.25, 0.3) is 0 Å². The Balaban J connectivity index is 2.39. The molecule has 1 unspecified atom stereocenters. The molecule has 0 saturated carbocycles. The van der Waals surface area contributed by atoms with Crippen LogP contribution in [0.15, 0.2) is 42.2 Å². The van der Waals surface area contributed by atoms with Gasteiger partial charge in [-0.05, 0) is 30.9 Å². The van der Waals surface area contributed by atoms with Crippen LogP contribution < -0.4 is 0 Å². The van der Waals surface area contributed by atoms with E-state index in [1.54, 1.807) is 30.3 Å². The van der Waals surface area contributed by atoms with E-state index in [9.17, 15) is 18.3 Å². The summed E-state index contributed by atoms with van der Waals surface area (Å²) >= 11 is 0. The summed E-state index contributed by atoms with van der Waals surface area (Å²) in [6, 6.07) is 8.23. The number of rotatable bonds is 1. The second-order valence-corrected chi connectivity index (χ2v) is 4.44. The van der Waals surface area contributed by atoms with E-state index < -0.39 is 11.8 Å². The Kier molecular flexibility index (Phi) is 4.05. The van der Waals surface area contributed by atoms with Gasteiger partial charge in [-0.15, -0.1) is 0 Å². The molecule has 0 aromatic heterocycles. The zero-order chi connectivity index (χ0) is 14.6. The smallest absolute Gasteiger partial charge is 0.433 e. The van der Waals surface area contributed by atoms with E-state index in [0.717, 1.165) is 6.26 Å². The zero-order valence-electron chi connectivity index (χ0n) is 10.6. The monoisotopic (exact) mass is 282 g/mol. The van der Waals surface area contributed by atoms with Crippen molar-refractivity contribution in [2.75, 3.05) is 6.61 Å². The highest BCUT2D eigenvalue weighted by Crippen LogP contribution is 2.38. The molecule has 1 aliphatic heterocycles. The maximum absolute atomic E-state index is 13.1. The molecule has 1 aromatic carbocycles. The molecule has 0 radical (unpaired) electrons. The summed E-state index contributed by atoms with van der Waals surface area (Å²) in [4.78, 5) is 0. The Morgan fingerprint density at radius 2 is 1.85 bits per heavy atom. The summed E-state index contributed by atoms with van der Waals surface area (Å²) in [5.41, 5.74) is -3.00. The lowest BCUT2D eigenvalue weighted by molar-refractivity contribution is -0.222. The largest absolute Gasteiger partial charge is 0.501 e. The molecule has 0 saturated heterocycles. The van der Waals surface area contributed by atoms with Crippen molar-refractivity contribution in [3.8, 4) is 11.8 Å². The van der Waals surface area contributed by atoms with E-state index >= 15 is 0 Å². The number of ether oxygens (including phenoxy) is 1. The van der Waals surface area contributed by atoms with Crippen LogP contribution in [0.1, 0.15) is 18.4 Å². The van der Waals surface area contributed by atoms with Crippen LogP contribution in [0.3, 0.4) is 0 Å². The maximum atomic E-state index is 13.1. The standard InChI is InChI=1S/C15H13F3O2/c16-15(17,18)14(19,13-7-4-10-20-11-13)9-8-12-5-2-1-3-6-12/h1-3,5-6,11,19H,4,7,10H2. The van der Waals surface area contributed by atoms with E-state index in [4.69, 9.17) is 4.74 Å². The zero-order valence-corrected chi connectivity index (χ0v) is 10.6. The average Bonchev–Trinajstić information content (AvgIpc) is 2.45. The number of benzene rings is 1. The highest BCUT2D eigenvalue weighted by Gasteiger charge is 2.55. The van der Waals surface area contributed by atoms with Gasteiger partial charge in [0.05, 0.1) is 12.9 Å². The van der Waals surface area contributed by atoms with Crippen molar-refractivity contribution in [3.63, 3.8) is 0 Å². The van der Waals surface area contributed by atoms with Crippen molar-refractivity contribution in [1.29, 1.82) is 0 Å². The van der Waals surface area contributed by atoms with E-state index in [2.05, 4.69) is 5.92 Å². The molecule has 1 aliphatic rings. The number of hydrogen-bond acceptors (Lipinski definition) is 2. The Bertz CT molecular complexity index is 552. The third-order valence-corrected chi connectivity index (χ3v) is 2.97. The Labute approximate surface area is 114 Å². The van der Waals surface area contributed by atoms with Crippen LogP contribution in [-0.4, -0.2) is 23.5 Å². The molecule has 1 N–H and O–H groups in total. The van der Waals surface area contributed by atoms with Crippen LogP contribution in [0.5, 0.6) is 0 Å². The van der Waals surface area contributed by atoms with Crippen LogP contribution >= 0.6 is 0 Å². The van der Waals surface area contributed by atoms with Crippen molar-refractivity contribution < 1.29 is 23.0 Å². The topological polar surface area (TPSA) is 29.5 Å². The van der Waals surface area contributed by atoms with Gasteiger partial charge in [0.2, 0.25) is 5.60 Å². The Morgan fingerprint density at radius 3 is 2.40 bits per heavy atom. The highest BCUT2D eigenvalue weighted by atomic mass is 19.4. The second-order valence-electron chi connectivity index (χ2n) is 4.44. The Hall–Kier alpha value is -1.93. The van der Waals surface area contributed by atoms with Gasteiger partial charge < -0.3 is 9.84 Å². The Morgan fingerprint density at radius 1 is 1.15 bits per heavy atom. The van der Waals surface area contributed by atoms with Crippen molar-refractivity contribution in [1.82, 2.24) is 0 Å². The first kappa shape index (κ1) is 14.5. The minimum Gasteiger partial charge on any atom is -0.501 e. The van der Waals surface area contributed by atoms with Crippen LogP contribution in [0.4, 0.5) is 13.2 Å². The van der Waals surface area contributed by atoms with Crippen molar-refractivity contribution in [2.24, 2.45) is 0 Å². The van der Waals surface area contributed by atoms with Crippen molar-refractivity contribution >= 4 is 0 Å². The van der Waals surface area contributed by atoms with Gasteiger partial charge >= 0.3 is 6.18 Å². The number of hydrogen-bond donors (Lipinski definition) is 1. The van der Waals surface area contributed by atoms with Crippen molar-refractivity contribution in [2.45, 2.75) is 24.6 Å². The number of halogens is 3. The molecule has 0 aliphatic carbocycles. The number of aliphatic hydroxyl groups is 1. The highest BCUT2D eigenvalue weighted by molar-refractivity contribution is 5.41. The fraction of sp³-hybridized carbons (Fsp3) is 0.333. The van der Waals surface area contributed by atoms with Gasteiger partial charge in [0, 0.05) is 11.1 Å². The van der Waals surface area contributed by atoms with Crippen molar-refractivity contribution in [3.05, 3.63) is 47.7 Å². The molecule has 106 valence electrons. The average molecular weight is 282 g/mol. The molecule has 2 nitrogen and oxygen atoms in total. The molecule has 1 atom stereocenters. The summed E-state index contributed by atoms with van der Waals surface area (Å²) in [7, 11) is 0. The summed E-state index contributed by atoms with van der Waals surface area (Å²) in [5.74, 6) is 4.33. The van der Waals surface area contributed by atoms with Gasteiger partial charge in [-0.1, -0.05) is 24.1 Å². The minimum absolute atomic E-state index is 0.111. The van der Waals surface area contributed by atoms with Gasteiger partial charge in [-0.2, -0.15) is 13.2 Å². The predicted octanol–water partition coefficient (Wildman–Crippen LogP) is 3.03. The SMILES string of the molecule is OC(C#Cc1ccccc1)(C1=COCCC1)C(F)(F)F. The first-order valence-corrected chi connectivity index (χ1v) is 6.12. The fourth-order valence-corrected chi connectivity index (χ4v) is 1.85. The first-order chi connectivity index (χ1) is 9.43. The molecule has 0 amide bonds. The van der Waals surface area contributed by atoms with E-state index in [0.29, 0.717) is 18.6 Å². The van der Waals surface area contributed by atoms with Gasteiger partial charge in [-0.3, -0.25) is 0 Å². The van der Waals surface area contributed by atoms with Crippen LogP contribution in [0, 0.1) is 11.8 Å². The molecular formula is C15H13F3O2. The molecule has 20 heavy (non-hydrogen) atoms. The van der Waals surface area contributed by atoms with Gasteiger partial charge in [0.25, 0.3) is 0 Å². The summed E-state index contributed by atoms with van der Waals surface area (Å²) in [5, 5.41) is 9.99.